The molecule has 2 amide bonds. The smallest absolute Gasteiger partial charge is 0.243 e. The minimum absolute atomic E-state index is 0.0682. The van der Waals surface area contributed by atoms with E-state index in [9.17, 15) is 9.59 Å². The largest absolute Gasteiger partial charge is 0.349 e. The first-order valence-electron chi connectivity index (χ1n) is 9.28. The van der Waals surface area contributed by atoms with Crippen LogP contribution >= 0.6 is 0 Å². The Kier molecular flexibility index (Phi) is 4.49. The lowest BCUT2D eigenvalue weighted by atomic mass is 9.93. The number of fused-ring (bicyclic) bond motifs is 2. The van der Waals surface area contributed by atoms with Crippen LogP contribution in [0.2, 0.25) is 0 Å². The highest BCUT2D eigenvalue weighted by Crippen LogP contribution is 2.24. The Morgan fingerprint density at radius 2 is 2.04 bits per heavy atom. The van der Waals surface area contributed by atoms with Crippen molar-refractivity contribution in [3.05, 3.63) is 53.1 Å². The van der Waals surface area contributed by atoms with E-state index < -0.39 is 6.04 Å². The lowest BCUT2D eigenvalue weighted by Crippen LogP contribution is -2.51. The van der Waals surface area contributed by atoms with Crippen LogP contribution in [0.3, 0.4) is 0 Å². The second-order valence-corrected chi connectivity index (χ2v) is 7.13. The maximum absolute atomic E-state index is 12.9. The van der Waals surface area contributed by atoms with Gasteiger partial charge < -0.3 is 14.8 Å². The van der Waals surface area contributed by atoms with Gasteiger partial charge in [-0.1, -0.05) is 24.3 Å². The molecule has 6 nitrogen and oxygen atoms in total. The van der Waals surface area contributed by atoms with Crippen molar-refractivity contribution >= 4 is 11.8 Å². The number of benzene rings is 1. The second kappa shape index (κ2) is 6.94. The predicted octanol–water partition coefficient (Wildman–Crippen LogP) is 1.81. The predicted molar refractivity (Wildman–Crippen MR) is 97.2 cm³/mol. The highest BCUT2D eigenvalue weighted by molar-refractivity contribution is 5.87. The quantitative estimate of drug-likeness (QED) is 0.916. The van der Waals surface area contributed by atoms with Gasteiger partial charge in [-0.2, -0.15) is 0 Å². The minimum Gasteiger partial charge on any atom is -0.349 e. The van der Waals surface area contributed by atoms with Crippen molar-refractivity contribution < 1.29 is 9.59 Å². The second-order valence-electron chi connectivity index (χ2n) is 7.13. The average molecular weight is 352 g/mol. The van der Waals surface area contributed by atoms with Crippen LogP contribution in [-0.2, 0) is 42.1 Å². The van der Waals surface area contributed by atoms with Gasteiger partial charge in [-0.3, -0.25) is 9.59 Å². The summed E-state index contributed by atoms with van der Waals surface area (Å²) in [5.74, 6) is 0.944. The lowest BCUT2D eigenvalue weighted by Gasteiger charge is -2.35. The van der Waals surface area contributed by atoms with Gasteiger partial charge >= 0.3 is 0 Å². The average Bonchev–Trinajstić information content (AvgIpc) is 3.08. The Bertz CT molecular complexity index is 842. The van der Waals surface area contributed by atoms with Crippen molar-refractivity contribution in [1.82, 2.24) is 19.8 Å². The number of nitrogens with zero attached hydrogens (tertiary/aromatic N) is 3. The number of carbonyl (C=O) groups is 2. The summed E-state index contributed by atoms with van der Waals surface area (Å²) in [6.45, 7) is 3.44. The molecular formula is C20H24N4O2. The molecule has 0 spiro atoms. The van der Waals surface area contributed by atoms with Crippen LogP contribution in [0.4, 0.5) is 0 Å². The molecule has 0 saturated heterocycles. The third-order valence-corrected chi connectivity index (χ3v) is 5.45. The molecule has 1 aromatic carbocycles. The summed E-state index contributed by atoms with van der Waals surface area (Å²) in [6, 6.07) is 7.57. The van der Waals surface area contributed by atoms with Gasteiger partial charge in [0.1, 0.15) is 11.9 Å². The molecule has 1 N–H and O–H groups in total. The molecule has 2 aliphatic heterocycles. The monoisotopic (exact) mass is 352 g/mol. The summed E-state index contributed by atoms with van der Waals surface area (Å²) >= 11 is 0. The van der Waals surface area contributed by atoms with Crippen LogP contribution < -0.4 is 5.32 Å². The van der Waals surface area contributed by atoms with Crippen LogP contribution in [0, 0.1) is 0 Å². The van der Waals surface area contributed by atoms with Crippen molar-refractivity contribution in [3.63, 3.8) is 0 Å². The van der Waals surface area contributed by atoms with Crippen LogP contribution in [0.25, 0.3) is 0 Å². The van der Waals surface area contributed by atoms with Crippen molar-refractivity contribution in [2.45, 2.75) is 58.3 Å². The molecule has 0 bridgehead atoms. The van der Waals surface area contributed by atoms with Gasteiger partial charge in [0.15, 0.2) is 0 Å². The summed E-state index contributed by atoms with van der Waals surface area (Å²) in [4.78, 5) is 31.1. The van der Waals surface area contributed by atoms with E-state index in [4.69, 9.17) is 0 Å². The van der Waals surface area contributed by atoms with Crippen LogP contribution in [0.5, 0.6) is 0 Å². The number of imidazole rings is 1. The number of aryl methyl sites for hydroxylation is 1. The maximum Gasteiger partial charge on any atom is 0.243 e. The molecule has 6 heteroatoms. The molecule has 4 rings (SSSR count). The zero-order valence-electron chi connectivity index (χ0n) is 15.1. The number of aromatic nitrogens is 2. The number of nitrogens with one attached hydrogen (secondary N) is 1. The van der Waals surface area contributed by atoms with Gasteiger partial charge in [0, 0.05) is 32.9 Å². The van der Waals surface area contributed by atoms with Crippen molar-refractivity contribution in [1.29, 1.82) is 0 Å². The van der Waals surface area contributed by atoms with E-state index in [0.29, 0.717) is 19.5 Å². The topological polar surface area (TPSA) is 67.2 Å². The fraction of sp³-hybridized carbons (Fsp3) is 0.450. The molecule has 1 unspecified atom stereocenters. The van der Waals surface area contributed by atoms with Gasteiger partial charge in [-0.25, -0.2) is 4.98 Å². The molecule has 1 aromatic heterocycles. The number of amides is 2. The van der Waals surface area contributed by atoms with E-state index in [2.05, 4.69) is 14.9 Å². The van der Waals surface area contributed by atoms with Gasteiger partial charge in [0.25, 0.3) is 0 Å². The summed E-state index contributed by atoms with van der Waals surface area (Å²) in [5, 5.41) is 3.03. The third kappa shape index (κ3) is 3.11. The molecule has 3 heterocycles. The molecule has 1 atom stereocenters. The van der Waals surface area contributed by atoms with E-state index in [-0.39, 0.29) is 11.8 Å². The summed E-state index contributed by atoms with van der Waals surface area (Å²) in [5.41, 5.74) is 3.31. The van der Waals surface area contributed by atoms with Gasteiger partial charge in [0.05, 0.1) is 18.4 Å². The Morgan fingerprint density at radius 3 is 2.85 bits per heavy atom. The first-order chi connectivity index (χ1) is 12.6. The van der Waals surface area contributed by atoms with E-state index >= 15 is 0 Å². The molecule has 0 fully saturated rings. The molecule has 0 aliphatic carbocycles. The standard InChI is InChI=1S/C20H24N4O2/c1-14(25)24-13-16-7-3-2-6-15(16)10-18(24)20(26)22-12-17-11-21-19-8-4-5-9-23(17)19/h2-3,6-7,11,18H,4-5,8-10,12-13H2,1H3,(H,22,26). The van der Waals surface area contributed by atoms with Crippen LogP contribution in [0.1, 0.15) is 42.4 Å². The molecule has 2 aromatic rings. The molecule has 136 valence electrons. The molecule has 0 radical (unpaired) electrons. The maximum atomic E-state index is 12.9. The highest BCUT2D eigenvalue weighted by Gasteiger charge is 2.33. The summed E-state index contributed by atoms with van der Waals surface area (Å²) in [6.07, 6.45) is 5.76. The Labute approximate surface area is 153 Å². The normalized spacial score (nSPS) is 18.8. The van der Waals surface area contributed by atoms with E-state index in [1.165, 1.54) is 13.3 Å². The zero-order chi connectivity index (χ0) is 18.1. The van der Waals surface area contributed by atoms with Crippen molar-refractivity contribution in [2.75, 3.05) is 0 Å². The minimum atomic E-state index is -0.453. The number of rotatable bonds is 3. The van der Waals surface area contributed by atoms with Crippen molar-refractivity contribution in [2.24, 2.45) is 0 Å². The molecule has 26 heavy (non-hydrogen) atoms. The Hall–Kier alpha value is -2.63. The Balaban J connectivity index is 1.48. The SMILES string of the molecule is CC(=O)N1Cc2ccccc2CC1C(=O)NCc1cnc2n1CCCC2. The first kappa shape index (κ1) is 16.8. The fourth-order valence-electron chi connectivity index (χ4n) is 4.00. The van der Waals surface area contributed by atoms with Crippen LogP contribution in [-0.4, -0.2) is 32.3 Å². The van der Waals surface area contributed by atoms with Gasteiger partial charge in [-0.15, -0.1) is 0 Å². The number of carbonyl (C=O) groups excluding carboxylic acids is 2. The van der Waals surface area contributed by atoms with E-state index in [1.807, 2.05) is 30.5 Å². The summed E-state index contributed by atoms with van der Waals surface area (Å²) < 4.78 is 2.21. The van der Waals surface area contributed by atoms with Crippen molar-refractivity contribution in [3.8, 4) is 0 Å². The van der Waals surface area contributed by atoms with Crippen LogP contribution in [0.15, 0.2) is 30.5 Å². The fourth-order valence-corrected chi connectivity index (χ4v) is 4.00. The molecular weight excluding hydrogens is 328 g/mol. The number of hydrogen-bond acceptors (Lipinski definition) is 3. The van der Waals surface area contributed by atoms with Gasteiger partial charge in [0.2, 0.25) is 11.8 Å². The van der Waals surface area contributed by atoms with Gasteiger partial charge in [-0.05, 0) is 24.0 Å². The van der Waals surface area contributed by atoms with E-state index in [1.54, 1.807) is 4.90 Å². The first-order valence-corrected chi connectivity index (χ1v) is 9.28. The molecule has 0 saturated carbocycles. The number of hydrogen-bond donors (Lipinski definition) is 1. The third-order valence-electron chi connectivity index (χ3n) is 5.45. The zero-order valence-corrected chi connectivity index (χ0v) is 15.1. The molecule has 2 aliphatic rings. The summed E-state index contributed by atoms with van der Waals surface area (Å²) in [7, 11) is 0. The highest BCUT2D eigenvalue weighted by atomic mass is 16.2. The lowest BCUT2D eigenvalue weighted by molar-refractivity contribution is -0.140. The van der Waals surface area contributed by atoms with E-state index in [0.717, 1.165) is 42.0 Å². The Morgan fingerprint density at radius 1 is 1.23 bits per heavy atom.